The predicted octanol–water partition coefficient (Wildman–Crippen LogP) is 1.50. The van der Waals surface area contributed by atoms with Crippen LogP contribution in [-0.2, 0) is 14.3 Å². The number of amides is 1. The second kappa shape index (κ2) is 7.48. The van der Waals surface area contributed by atoms with Crippen molar-refractivity contribution in [2.45, 2.75) is 69.9 Å². The Morgan fingerprint density at radius 3 is 2.32 bits per heavy atom. The average molecular weight is 270 g/mol. The maximum absolute atomic E-state index is 12.1. The maximum Gasteiger partial charge on any atom is 0.331 e. The van der Waals surface area contributed by atoms with Gasteiger partial charge in [0.1, 0.15) is 5.54 Å². The van der Waals surface area contributed by atoms with Gasteiger partial charge in [0.2, 0.25) is 5.91 Å². The molecule has 0 bridgehead atoms. The molecule has 0 saturated heterocycles. The molecule has 0 aliphatic heterocycles. The maximum atomic E-state index is 12.1. The minimum Gasteiger partial charge on any atom is -0.467 e. The number of methoxy groups -OCH3 is 1. The van der Waals surface area contributed by atoms with E-state index in [0.717, 1.165) is 25.7 Å². The standard InChI is InChI=1S/C14H26N2O3/c1-11(15)7-8-12(17)16-14(13(18)19-2)9-5-3-4-6-10-14/h11H,3-10,15H2,1-2H3,(H,16,17). The van der Waals surface area contributed by atoms with Crippen molar-refractivity contribution in [2.75, 3.05) is 7.11 Å². The van der Waals surface area contributed by atoms with Crippen LogP contribution >= 0.6 is 0 Å². The lowest BCUT2D eigenvalue weighted by molar-refractivity contribution is -0.151. The van der Waals surface area contributed by atoms with Crippen LogP contribution in [0.4, 0.5) is 0 Å². The van der Waals surface area contributed by atoms with Gasteiger partial charge in [0, 0.05) is 12.5 Å². The Morgan fingerprint density at radius 1 is 1.26 bits per heavy atom. The van der Waals surface area contributed by atoms with Crippen LogP contribution in [0.1, 0.15) is 58.3 Å². The van der Waals surface area contributed by atoms with Crippen molar-refractivity contribution in [1.29, 1.82) is 0 Å². The van der Waals surface area contributed by atoms with Crippen molar-refractivity contribution < 1.29 is 14.3 Å². The topological polar surface area (TPSA) is 81.4 Å². The molecule has 1 aliphatic rings. The molecule has 1 rings (SSSR count). The molecule has 0 aromatic rings. The first-order valence-electron chi connectivity index (χ1n) is 7.15. The van der Waals surface area contributed by atoms with E-state index in [9.17, 15) is 9.59 Å². The van der Waals surface area contributed by atoms with Gasteiger partial charge in [-0.2, -0.15) is 0 Å². The summed E-state index contributed by atoms with van der Waals surface area (Å²) in [6, 6.07) is -0.00559. The fraction of sp³-hybridized carbons (Fsp3) is 0.857. The highest BCUT2D eigenvalue weighted by Gasteiger charge is 2.40. The van der Waals surface area contributed by atoms with Gasteiger partial charge in [0.25, 0.3) is 0 Å². The Labute approximate surface area is 115 Å². The monoisotopic (exact) mass is 270 g/mol. The Balaban J connectivity index is 2.68. The average Bonchev–Trinajstić information content (AvgIpc) is 2.62. The van der Waals surface area contributed by atoms with E-state index in [-0.39, 0.29) is 17.9 Å². The fourth-order valence-corrected chi connectivity index (χ4v) is 2.60. The fourth-order valence-electron chi connectivity index (χ4n) is 2.60. The highest BCUT2D eigenvalue weighted by molar-refractivity contribution is 5.88. The molecular formula is C14H26N2O3. The number of carbonyl (C=O) groups excluding carboxylic acids is 2. The van der Waals surface area contributed by atoms with E-state index >= 15 is 0 Å². The van der Waals surface area contributed by atoms with Crippen LogP contribution in [0.2, 0.25) is 0 Å². The van der Waals surface area contributed by atoms with Gasteiger partial charge < -0.3 is 15.8 Å². The third kappa shape index (κ3) is 4.82. The molecule has 5 heteroatoms. The van der Waals surface area contributed by atoms with Crippen molar-refractivity contribution in [2.24, 2.45) is 5.73 Å². The normalized spacial score (nSPS) is 20.2. The number of carbonyl (C=O) groups is 2. The van der Waals surface area contributed by atoms with Crippen molar-refractivity contribution >= 4 is 11.9 Å². The number of hydrogen-bond acceptors (Lipinski definition) is 4. The number of rotatable bonds is 5. The number of nitrogens with two attached hydrogens (primary N) is 1. The van der Waals surface area contributed by atoms with Crippen LogP contribution in [0.3, 0.4) is 0 Å². The van der Waals surface area contributed by atoms with Crippen LogP contribution < -0.4 is 11.1 Å². The molecule has 19 heavy (non-hydrogen) atoms. The molecule has 1 unspecified atom stereocenters. The zero-order chi connectivity index (χ0) is 14.3. The van der Waals surface area contributed by atoms with E-state index < -0.39 is 5.54 Å². The third-order valence-corrected chi connectivity index (χ3v) is 3.74. The quantitative estimate of drug-likeness (QED) is 0.586. The lowest BCUT2D eigenvalue weighted by Gasteiger charge is -2.31. The summed E-state index contributed by atoms with van der Waals surface area (Å²) in [5.41, 5.74) is 4.83. The summed E-state index contributed by atoms with van der Waals surface area (Å²) in [6.45, 7) is 1.87. The highest BCUT2D eigenvalue weighted by Crippen LogP contribution is 2.28. The zero-order valence-corrected chi connectivity index (χ0v) is 12.0. The van der Waals surface area contributed by atoms with Crippen molar-refractivity contribution in [3.05, 3.63) is 0 Å². The van der Waals surface area contributed by atoms with Gasteiger partial charge in [-0.3, -0.25) is 4.79 Å². The SMILES string of the molecule is COC(=O)C1(NC(=O)CCC(C)N)CCCCCC1. The molecule has 1 atom stereocenters. The van der Waals surface area contributed by atoms with Gasteiger partial charge >= 0.3 is 5.97 Å². The van der Waals surface area contributed by atoms with E-state index in [0.29, 0.717) is 25.7 Å². The molecule has 1 amide bonds. The summed E-state index contributed by atoms with van der Waals surface area (Å²) < 4.78 is 4.90. The van der Waals surface area contributed by atoms with E-state index in [1.807, 2.05) is 6.92 Å². The Hall–Kier alpha value is -1.10. The van der Waals surface area contributed by atoms with Gasteiger partial charge in [-0.15, -0.1) is 0 Å². The van der Waals surface area contributed by atoms with E-state index in [4.69, 9.17) is 10.5 Å². The van der Waals surface area contributed by atoms with Gasteiger partial charge in [-0.05, 0) is 26.2 Å². The molecule has 5 nitrogen and oxygen atoms in total. The Kier molecular flexibility index (Phi) is 6.28. The first-order chi connectivity index (χ1) is 9.00. The van der Waals surface area contributed by atoms with Crippen molar-refractivity contribution in [3.8, 4) is 0 Å². The zero-order valence-electron chi connectivity index (χ0n) is 12.0. The Morgan fingerprint density at radius 2 is 1.84 bits per heavy atom. The molecule has 0 radical (unpaired) electrons. The largest absolute Gasteiger partial charge is 0.467 e. The summed E-state index contributed by atoms with van der Waals surface area (Å²) in [6.07, 6.45) is 6.43. The molecular weight excluding hydrogens is 244 g/mol. The second-order valence-corrected chi connectivity index (χ2v) is 5.55. The van der Waals surface area contributed by atoms with Crippen molar-refractivity contribution in [3.63, 3.8) is 0 Å². The van der Waals surface area contributed by atoms with Gasteiger partial charge in [-0.1, -0.05) is 25.7 Å². The summed E-state index contributed by atoms with van der Waals surface area (Å²) >= 11 is 0. The number of hydrogen-bond donors (Lipinski definition) is 2. The van der Waals surface area contributed by atoms with Crippen LogP contribution in [0.5, 0.6) is 0 Å². The first-order valence-corrected chi connectivity index (χ1v) is 7.15. The third-order valence-electron chi connectivity index (χ3n) is 3.74. The summed E-state index contributed by atoms with van der Waals surface area (Å²) in [4.78, 5) is 24.0. The number of nitrogens with one attached hydrogen (secondary N) is 1. The molecule has 1 saturated carbocycles. The lowest BCUT2D eigenvalue weighted by Crippen LogP contribution is -2.54. The summed E-state index contributed by atoms with van der Waals surface area (Å²) in [7, 11) is 1.38. The Bertz CT molecular complexity index is 308. The molecule has 1 aliphatic carbocycles. The second-order valence-electron chi connectivity index (χ2n) is 5.55. The van der Waals surface area contributed by atoms with Gasteiger partial charge in [0.15, 0.2) is 0 Å². The summed E-state index contributed by atoms with van der Waals surface area (Å²) in [5.74, 6) is -0.423. The van der Waals surface area contributed by atoms with E-state index in [1.165, 1.54) is 7.11 Å². The minimum atomic E-state index is -0.819. The molecule has 3 N–H and O–H groups in total. The van der Waals surface area contributed by atoms with Crippen LogP contribution in [-0.4, -0.2) is 30.6 Å². The van der Waals surface area contributed by atoms with E-state index in [1.54, 1.807) is 0 Å². The molecule has 0 heterocycles. The molecule has 110 valence electrons. The smallest absolute Gasteiger partial charge is 0.331 e. The molecule has 1 fully saturated rings. The van der Waals surface area contributed by atoms with Crippen LogP contribution in [0, 0.1) is 0 Å². The number of ether oxygens (including phenoxy) is 1. The number of esters is 1. The first kappa shape index (κ1) is 16.0. The molecule has 0 spiro atoms. The van der Waals surface area contributed by atoms with Crippen molar-refractivity contribution in [1.82, 2.24) is 5.32 Å². The highest BCUT2D eigenvalue weighted by atomic mass is 16.5. The van der Waals surface area contributed by atoms with Crippen LogP contribution in [0.25, 0.3) is 0 Å². The molecule has 0 aromatic heterocycles. The minimum absolute atomic E-state index is 0.00559. The summed E-state index contributed by atoms with van der Waals surface area (Å²) in [5, 5.41) is 2.91. The van der Waals surface area contributed by atoms with E-state index in [2.05, 4.69) is 5.32 Å². The van der Waals surface area contributed by atoms with Crippen LogP contribution in [0.15, 0.2) is 0 Å². The lowest BCUT2D eigenvalue weighted by atomic mass is 9.89. The molecule has 0 aromatic carbocycles. The van der Waals surface area contributed by atoms with Gasteiger partial charge in [-0.25, -0.2) is 4.79 Å². The van der Waals surface area contributed by atoms with Gasteiger partial charge in [0.05, 0.1) is 7.11 Å². The predicted molar refractivity (Wildman–Crippen MR) is 73.5 cm³/mol.